The number of aryl methyl sites for hydroxylation is 1. The third-order valence-corrected chi connectivity index (χ3v) is 5.83. The van der Waals surface area contributed by atoms with Gasteiger partial charge in [0.1, 0.15) is 0 Å². The van der Waals surface area contributed by atoms with Gasteiger partial charge in [0.05, 0.1) is 41.7 Å². The van der Waals surface area contributed by atoms with Crippen LogP contribution in [0.5, 0.6) is 0 Å². The molecule has 0 radical (unpaired) electrons. The van der Waals surface area contributed by atoms with Gasteiger partial charge < -0.3 is 14.5 Å². The summed E-state index contributed by atoms with van der Waals surface area (Å²) in [5.74, 6) is -2.46. The molecular weight excluding hydrogens is 424 g/mol. The lowest BCUT2D eigenvalue weighted by Crippen LogP contribution is -2.48. The van der Waals surface area contributed by atoms with Crippen molar-refractivity contribution in [1.82, 2.24) is 19.6 Å². The molecule has 2 aromatic rings. The first-order chi connectivity index (χ1) is 15.7. The van der Waals surface area contributed by atoms with E-state index in [0.29, 0.717) is 37.4 Å². The lowest BCUT2D eigenvalue weighted by Gasteiger charge is -2.32. The number of nitrogens with zero attached hydrogens (tertiary/aromatic N) is 4. The summed E-state index contributed by atoms with van der Waals surface area (Å²) in [6, 6.07) is 9.34. The number of esters is 1. The van der Waals surface area contributed by atoms with Crippen molar-refractivity contribution in [3.05, 3.63) is 47.3 Å². The van der Waals surface area contributed by atoms with E-state index in [1.807, 2.05) is 30.3 Å². The molecule has 1 aliphatic rings. The normalized spacial score (nSPS) is 15.8. The van der Waals surface area contributed by atoms with Gasteiger partial charge in [-0.25, -0.2) is 4.68 Å². The van der Waals surface area contributed by atoms with Gasteiger partial charge in [0, 0.05) is 20.1 Å². The number of hydrogen-bond donors (Lipinski definition) is 0. The molecule has 1 aromatic heterocycles. The van der Waals surface area contributed by atoms with Crippen LogP contribution in [-0.2, 0) is 19.1 Å². The number of likely N-dealkylation sites (N-methyl/N-ethyl adjacent to an activating group) is 1. The van der Waals surface area contributed by atoms with Crippen molar-refractivity contribution in [3.8, 4) is 5.69 Å². The largest absolute Gasteiger partial charge is 0.466 e. The van der Waals surface area contributed by atoms with Crippen LogP contribution in [0.1, 0.15) is 41.5 Å². The first-order valence-corrected chi connectivity index (χ1v) is 11.1. The first kappa shape index (κ1) is 24.2. The Morgan fingerprint density at radius 3 is 2.52 bits per heavy atom. The predicted octanol–water partition coefficient (Wildman–Crippen LogP) is 1.93. The second-order valence-electron chi connectivity index (χ2n) is 8.21. The Morgan fingerprint density at radius 1 is 1.15 bits per heavy atom. The molecule has 2 heterocycles. The zero-order valence-corrected chi connectivity index (χ0v) is 19.5. The Balaban J connectivity index is 1.68. The molecule has 1 atom stereocenters. The van der Waals surface area contributed by atoms with E-state index in [2.05, 4.69) is 5.10 Å². The fourth-order valence-corrected chi connectivity index (χ4v) is 4.10. The monoisotopic (exact) mass is 454 g/mol. The summed E-state index contributed by atoms with van der Waals surface area (Å²) in [6.45, 7) is 5.98. The molecule has 1 aromatic carbocycles. The molecule has 3 rings (SSSR count). The summed E-state index contributed by atoms with van der Waals surface area (Å²) in [7, 11) is 1.43. The number of ether oxygens (including phenoxy) is 1. The van der Waals surface area contributed by atoms with Crippen LogP contribution in [0, 0.1) is 19.8 Å². The molecule has 0 spiro atoms. The smallest absolute Gasteiger partial charge is 0.310 e. The maximum atomic E-state index is 13.0. The van der Waals surface area contributed by atoms with E-state index in [9.17, 15) is 19.2 Å². The minimum atomic E-state index is -0.777. The van der Waals surface area contributed by atoms with Crippen molar-refractivity contribution >= 4 is 23.6 Å². The maximum Gasteiger partial charge on any atom is 0.310 e. The number of rotatable bonds is 7. The van der Waals surface area contributed by atoms with E-state index in [4.69, 9.17) is 4.74 Å². The van der Waals surface area contributed by atoms with Crippen LogP contribution in [0.3, 0.4) is 0 Å². The number of likely N-dealkylation sites (tertiary alicyclic amines) is 1. The fraction of sp³-hybridized carbons (Fsp3) is 0.458. The van der Waals surface area contributed by atoms with Gasteiger partial charge in [-0.15, -0.1) is 0 Å². The third kappa shape index (κ3) is 5.30. The minimum absolute atomic E-state index is 0.239. The van der Waals surface area contributed by atoms with Crippen LogP contribution in [0.2, 0.25) is 0 Å². The highest BCUT2D eigenvalue weighted by atomic mass is 16.5. The zero-order valence-electron chi connectivity index (χ0n) is 19.5. The Morgan fingerprint density at radius 2 is 1.85 bits per heavy atom. The number of carbonyl (C=O) groups is 4. The van der Waals surface area contributed by atoms with E-state index in [1.165, 1.54) is 7.05 Å². The minimum Gasteiger partial charge on any atom is -0.466 e. The van der Waals surface area contributed by atoms with Gasteiger partial charge in [-0.2, -0.15) is 5.10 Å². The molecule has 0 N–H and O–H groups in total. The Labute approximate surface area is 193 Å². The number of benzene rings is 1. The quantitative estimate of drug-likeness (QED) is 0.360. The number of para-hydroxylation sites is 1. The molecule has 1 fully saturated rings. The van der Waals surface area contributed by atoms with Gasteiger partial charge >= 0.3 is 5.97 Å². The molecule has 1 aliphatic heterocycles. The Hall–Kier alpha value is -3.49. The number of aromatic nitrogens is 2. The van der Waals surface area contributed by atoms with Gasteiger partial charge in [-0.1, -0.05) is 18.2 Å². The van der Waals surface area contributed by atoms with E-state index in [0.717, 1.165) is 10.6 Å². The van der Waals surface area contributed by atoms with Crippen LogP contribution in [-0.4, -0.2) is 76.4 Å². The van der Waals surface area contributed by atoms with Gasteiger partial charge in [0.2, 0.25) is 5.91 Å². The molecule has 9 nitrogen and oxygen atoms in total. The molecule has 1 saturated heterocycles. The molecule has 0 aliphatic carbocycles. The molecule has 33 heavy (non-hydrogen) atoms. The highest BCUT2D eigenvalue weighted by Crippen LogP contribution is 2.20. The molecule has 9 heteroatoms. The van der Waals surface area contributed by atoms with E-state index >= 15 is 0 Å². The van der Waals surface area contributed by atoms with Gasteiger partial charge in [0.25, 0.3) is 11.7 Å². The summed E-state index contributed by atoms with van der Waals surface area (Å²) < 4.78 is 6.70. The van der Waals surface area contributed by atoms with Crippen molar-refractivity contribution in [2.75, 3.05) is 33.3 Å². The first-order valence-electron chi connectivity index (χ1n) is 11.1. The molecule has 176 valence electrons. The number of carbonyl (C=O) groups excluding carboxylic acids is 4. The van der Waals surface area contributed by atoms with E-state index in [1.54, 1.807) is 30.4 Å². The van der Waals surface area contributed by atoms with Gasteiger partial charge in [0.15, 0.2) is 0 Å². The number of Topliss-reactive ketones (excluding diaryl/α,β-unsaturated/α-hetero) is 1. The predicted molar refractivity (Wildman–Crippen MR) is 121 cm³/mol. The summed E-state index contributed by atoms with van der Waals surface area (Å²) in [5.41, 5.74) is 2.03. The summed E-state index contributed by atoms with van der Waals surface area (Å²) in [5, 5.41) is 4.42. The zero-order chi connectivity index (χ0) is 24.1. The molecule has 0 bridgehead atoms. The highest BCUT2D eigenvalue weighted by Gasteiger charge is 2.32. The average Bonchev–Trinajstić information content (AvgIpc) is 3.12. The van der Waals surface area contributed by atoms with Crippen molar-refractivity contribution < 1.29 is 23.9 Å². The Bertz CT molecular complexity index is 1050. The number of ketones is 1. The van der Waals surface area contributed by atoms with Crippen LogP contribution < -0.4 is 0 Å². The van der Waals surface area contributed by atoms with Crippen molar-refractivity contribution in [1.29, 1.82) is 0 Å². The van der Waals surface area contributed by atoms with Gasteiger partial charge in [-0.05, 0) is 45.7 Å². The molecule has 2 amide bonds. The lowest BCUT2D eigenvalue weighted by molar-refractivity contribution is -0.151. The average molecular weight is 455 g/mol. The second kappa shape index (κ2) is 10.4. The SMILES string of the molecule is CCOC(=O)C1CCCN(C(=O)CN(C)C(=O)C(=O)c2c(C)nn(-c3ccccc3)c2C)C1. The van der Waals surface area contributed by atoms with Crippen LogP contribution >= 0.6 is 0 Å². The summed E-state index contributed by atoms with van der Waals surface area (Å²) >= 11 is 0. The topological polar surface area (TPSA) is 102 Å². The highest BCUT2D eigenvalue weighted by molar-refractivity contribution is 6.43. The molecule has 0 saturated carbocycles. The van der Waals surface area contributed by atoms with Crippen LogP contribution in [0.25, 0.3) is 5.69 Å². The van der Waals surface area contributed by atoms with Crippen molar-refractivity contribution in [3.63, 3.8) is 0 Å². The summed E-state index contributed by atoms with van der Waals surface area (Å²) in [6.07, 6.45) is 1.35. The standard InChI is InChI=1S/C24H30N4O5/c1-5-33-24(32)18-10-9-13-27(14-18)20(29)15-26(4)23(31)22(30)21-16(2)25-28(17(21)3)19-11-7-6-8-12-19/h6-8,11-12,18H,5,9-10,13-15H2,1-4H3. The molecule has 1 unspecified atom stereocenters. The fourth-order valence-electron chi connectivity index (χ4n) is 4.10. The summed E-state index contributed by atoms with van der Waals surface area (Å²) in [4.78, 5) is 53.4. The number of hydrogen-bond acceptors (Lipinski definition) is 6. The van der Waals surface area contributed by atoms with Crippen molar-refractivity contribution in [2.45, 2.75) is 33.6 Å². The van der Waals surface area contributed by atoms with E-state index in [-0.39, 0.29) is 36.4 Å². The number of amides is 2. The van der Waals surface area contributed by atoms with Crippen LogP contribution in [0.15, 0.2) is 30.3 Å². The maximum absolute atomic E-state index is 13.0. The van der Waals surface area contributed by atoms with Gasteiger partial charge in [-0.3, -0.25) is 19.2 Å². The lowest BCUT2D eigenvalue weighted by atomic mass is 9.98. The Kier molecular flexibility index (Phi) is 7.63. The number of piperidine rings is 1. The molecular formula is C24H30N4O5. The van der Waals surface area contributed by atoms with E-state index < -0.39 is 11.7 Å². The second-order valence-corrected chi connectivity index (χ2v) is 8.21. The third-order valence-electron chi connectivity index (χ3n) is 5.83. The van der Waals surface area contributed by atoms with Crippen molar-refractivity contribution in [2.24, 2.45) is 5.92 Å². The van der Waals surface area contributed by atoms with Crippen LogP contribution in [0.4, 0.5) is 0 Å².